The lowest BCUT2D eigenvalue weighted by Crippen LogP contribution is -2.34. The second-order valence-corrected chi connectivity index (χ2v) is 6.43. The van der Waals surface area contributed by atoms with Gasteiger partial charge >= 0.3 is 0 Å². The molecule has 6 nitrogen and oxygen atoms in total. The SMILES string of the molecule is CNC(=O)C[C@@H](C)N(C)Cc1cc(=O)n2cc(C)sc2n1. The molecule has 0 unspecified atom stereocenters. The van der Waals surface area contributed by atoms with Gasteiger partial charge in [-0.1, -0.05) is 0 Å². The molecule has 0 fully saturated rings. The third-order valence-electron chi connectivity index (χ3n) is 3.46. The summed E-state index contributed by atoms with van der Waals surface area (Å²) in [4.78, 5) is 31.7. The van der Waals surface area contributed by atoms with E-state index in [0.29, 0.717) is 17.9 Å². The highest BCUT2D eigenvalue weighted by Crippen LogP contribution is 2.14. The number of aromatic nitrogens is 2. The number of hydrogen-bond acceptors (Lipinski definition) is 5. The van der Waals surface area contributed by atoms with Crippen LogP contribution in [0.5, 0.6) is 0 Å². The zero-order valence-corrected chi connectivity index (χ0v) is 13.5. The Morgan fingerprint density at radius 3 is 2.95 bits per heavy atom. The van der Waals surface area contributed by atoms with Crippen molar-refractivity contribution in [3.05, 3.63) is 33.2 Å². The summed E-state index contributed by atoms with van der Waals surface area (Å²) >= 11 is 1.50. The Hall–Kier alpha value is -1.73. The summed E-state index contributed by atoms with van der Waals surface area (Å²) in [5.74, 6) is 0.00622. The van der Waals surface area contributed by atoms with Crippen LogP contribution in [0.3, 0.4) is 0 Å². The minimum Gasteiger partial charge on any atom is -0.359 e. The number of amides is 1. The van der Waals surface area contributed by atoms with E-state index in [1.165, 1.54) is 11.3 Å². The molecule has 7 heteroatoms. The highest BCUT2D eigenvalue weighted by atomic mass is 32.1. The fraction of sp³-hybridized carbons (Fsp3) is 0.500. The summed E-state index contributed by atoms with van der Waals surface area (Å²) in [5, 5.41) is 2.62. The zero-order valence-electron chi connectivity index (χ0n) is 12.7. The van der Waals surface area contributed by atoms with Crippen LogP contribution in [0.15, 0.2) is 17.1 Å². The third kappa shape index (κ3) is 3.68. The summed E-state index contributed by atoms with van der Waals surface area (Å²) in [7, 11) is 3.56. The number of fused-ring (bicyclic) bond motifs is 1. The number of carbonyl (C=O) groups excluding carboxylic acids is 1. The van der Waals surface area contributed by atoms with Crippen molar-refractivity contribution in [3.8, 4) is 0 Å². The quantitative estimate of drug-likeness (QED) is 0.895. The van der Waals surface area contributed by atoms with Crippen molar-refractivity contribution >= 4 is 22.2 Å². The molecule has 1 atom stereocenters. The molecule has 2 heterocycles. The third-order valence-corrected chi connectivity index (χ3v) is 4.36. The lowest BCUT2D eigenvalue weighted by Gasteiger charge is -2.23. The predicted octanol–water partition coefficient (Wildman–Crippen LogP) is 1.02. The standard InChI is InChI=1S/C14H20N4O2S/c1-9(5-12(19)15-3)17(4)8-11-6-13(20)18-7-10(2)21-14(18)16-11/h6-7,9H,5,8H2,1-4H3,(H,15,19)/t9-/m1/s1. The van der Waals surface area contributed by atoms with Crippen molar-refractivity contribution in [2.45, 2.75) is 32.9 Å². The molecule has 0 saturated carbocycles. The van der Waals surface area contributed by atoms with Gasteiger partial charge in [-0.2, -0.15) is 0 Å². The van der Waals surface area contributed by atoms with Crippen molar-refractivity contribution in [2.24, 2.45) is 0 Å². The monoisotopic (exact) mass is 308 g/mol. The molecule has 1 N–H and O–H groups in total. The van der Waals surface area contributed by atoms with Crippen LogP contribution in [0.25, 0.3) is 4.96 Å². The van der Waals surface area contributed by atoms with Gasteiger partial charge in [0.2, 0.25) is 5.91 Å². The number of hydrogen-bond donors (Lipinski definition) is 1. The fourth-order valence-electron chi connectivity index (χ4n) is 2.08. The van der Waals surface area contributed by atoms with Gasteiger partial charge in [-0.05, 0) is 20.9 Å². The number of thiazole rings is 1. The van der Waals surface area contributed by atoms with E-state index >= 15 is 0 Å². The Morgan fingerprint density at radius 2 is 2.29 bits per heavy atom. The van der Waals surface area contributed by atoms with Gasteiger partial charge < -0.3 is 5.32 Å². The predicted molar refractivity (Wildman–Crippen MR) is 83.7 cm³/mol. The van der Waals surface area contributed by atoms with Crippen LogP contribution in [0, 0.1) is 6.92 Å². The number of rotatable bonds is 5. The Balaban J connectivity index is 2.15. The summed E-state index contributed by atoms with van der Waals surface area (Å²) in [6.07, 6.45) is 2.23. The molecule has 2 aromatic rings. The minimum atomic E-state index is -0.0632. The highest BCUT2D eigenvalue weighted by molar-refractivity contribution is 7.16. The molecular weight excluding hydrogens is 288 g/mol. The number of nitrogens with one attached hydrogen (secondary N) is 1. The van der Waals surface area contributed by atoms with Gasteiger partial charge in [0, 0.05) is 43.2 Å². The second kappa shape index (κ2) is 6.36. The zero-order chi connectivity index (χ0) is 15.6. The average Bonchev–Trinajstić information content (AvgIpc) is 2.79. The molecule has 2 rings (SSSR count). The number of carbonyl (C=O) groups is 1. The fourth-order valence-corrected chi connectivity index (χ4v) is 2.93. The van der Waals surface area contributed by atoms with Gasteiger partial charge in [0.05, 0.1) is 5.69 Å². The van der Waals surface area contributed by atoms with Crippen LogP contribution in [-0.4, -0.2) is 40.3 Å². The first-order valence-corrected chi connectivity index (χ1v) is 7.62. The normalized spacial score (nSPS) is 12.8. The van der Waals surface area contributed by atoms with Gasteiger partial charge in [0.1, 0.15) is 0 Å². The average molecular weight is 308 g/mol. The first-order valence-electron chi connectivity index (χ1n) is 6.80. The van der Waals surface area contributed by atoms with E-state index in [1.807, 2.05) is 25.8 Å². The van der Waals surface area contributed by atoms with Gasteiger partial charge in [-0.15, -0.1) is 11.3 Å². The molecule has 0 saturated heterocycles. The maximum absolute atomic E-state index is 12.0. The van der Waals surface area contributed by atoms with Gasteiger partial charge in [0.15, 0.2) is 4.96 Å². The molecule has 114 valence electrons. The summed E-state index contributed by atoms with van der Waals surface area (Å²) in [5.41, 5.74) is 0.666. The molecule has 1 amide bonds. The van der Waals surface area contributed by atoms with Crippen molar-refractivity contribution < 1.29 is 4.79 Å². The molecule has 0 radical (unpaired) electrons. The molecule has 0 aliphatic carbocycles. The molecule has 0 aliphatic rings. The van der Waals surface area contributed by atoms with Crippen LogP contribution in [0.2, 0.25) is 0 Å². The lowest BCUT2D eigenvalue weighted by molar-refractivity contribution is -0.121. The van der Waals surface area contributed by atoms with E-state index in [1.54, 1.807) is 23.7 Å². The molecule has 2 aromatic heterocycles. The maximum Gasteiger partial charge on any atom is 0.258 e. The van der Waals surface area contributed by atoms with Crippen molar-refractivity contribution in [1.29, 1.82) is 0 Å². The maximum atomic E-state index is 12.0. The number of nitrogens with zero attached hydrogens (tertiary/aromatic N) is 3. The van der Waals surface area contributed by atoms with Crippen LogP contribution in [0.1, 0.15) is 23.9 Å². The molecule has 0 aromatic carbocycles. The minimum absolute atomic E-state index is 0.00622. The van der Waals surface area contributed by atoms with Crippen molar-refractivity contribution in [2.75, 3.05) is 14.1 Å². The van der Waals surface area contributed by atoms with E-state index < -0.39 is 0 Å². The van der Waals surface area contributed by atoms with Crippen molar-refractivity contribution in [1.82, 2.24) is 19.6 Å². The van der Waals surface area contributed by atoms with Gasteiger partial charge in [0.25, 0.3) is 5.56 Å². The smallest absolute Gasteiger partial charge is 0.258 e. The van der Waals surface area contributed by atoms with Crippen LogP contribution in [0.4, 0.5) is 0 Å². The summed E-state index contributed by atoms with van der Waals surface area (Å²) in [6, 6.07) is 1.64. The summed E-state index contributed by atoms with van der Waals surface area (Å²) in [6.45, 7) is 4.48. The van der Waals surface area contributed by atoms with E-state index in [2.05, 4.69) is 10.3 Å². The number of aryl methyl sites for hydroxylation is 1. The first-order chi connectivity index (χ1) is 9.90. The van der Waals surface area contributed by atoms with E-state index in [0.717, 1.165) is 10.6 Å². The summed E-state index contributed by atoms with van der Waals surface area (Å²) < 4.78 is 1.57. The van der Waals surface area contributed by atoms with Gasteiger partial charge in [-0.25, -0.2) is 4.98 Å². The Labute approximate surface area is 127 Å². The van der Waals surface area contributed by atoms with E-state index in [-0.39, 0.29) is 17.5 Å². The topological polar surface area (TPSA) is 66.7 Å². The Morgan fingerprint density at radius 1 is 1.57 bits per heavy atom. The molecule has 0 bridgehead atoms. The Bertz CT molecular complexity index is 707. The van der Waals surface area contributed by atoms with E-state index in [9.17, 15) is 9.59 Å². The largest absolute Gasteiger partial charge is 0.359 e. The van der Waals surface area contributed by atoms with E-state index in [4.69, 9.17) is 0 Å². The lowest BCUT2D eigenvalue weighted by atomic mass is 10.2. The van der Waals surface area contributed by atoms with Crippen LogP contribution >= 0.6 is 11.3 Å². The van der Waals surface area contributed by atoms with Crippen LogP contribution < -0.4 is 10.9 Å². The second-order valence-electron chi connectivity index (χ2n) is 5.22. The molecule has 0 spiro atoms. The van der Waals surface area contributed by atoms with Crippen molar-refractivity contribution in [3.63, 3.8) is 0 Å². The Kier molecular flexibility index (Phi) is 4.74. The molecular formula is C14H20N4O2S. The first kappa shape index (κ1) is 15.7. The van der Waals surface area contributed by atoms with Crippen LogP contribution in [-0.2, 0) is 11.3 Å². The molecule has 21 heavy (non-hydrogen) atoms. The van der Waals surface area contributed by atoms with Gasteiger partial charge in [-0.3, -0.25) is 18.9 Å². The highest BCUT2D eigenvalue weighted by Gasteiger charge is 2.15. The molecule has 0 aliphatic heterocycles.